The Hall–Kier alpha value is -2.64. The maximum atomic E-state index is 13.0. The van der Waals surface area contributed by atoms with Gasteiger partial charge in [-0.1, -0.05) is 25.5 Å². The van der Waals surface area contributed by atoms with Crippen molar-refractivity contribution in [3.63, 3.8) is 0 Å². The molecule has 0 atom stereocenters. The fourth-order valence-corrected chi connectivity index (χ4v) is 2.18. The fourth-order valence-electron chi connectivity index (χ4n) is 2.18. The lowest BCUT2D eigenvalue weighted by atomic mass is 10.1. The van der Waals surface area contributed by atoms with Crippen LogP contribution in [0.5, 0.6) is 0 Å². The van der Waals surface area contributed by atoms with Crippen molar-refractivity contribution in [1.82, 2.24) is 14.9 Å². The molecular weight excluding hydrogens is 333 g/mol. The number of carbonyl (C=O) groups is 1. The molecular formula is C17H19F3N4O. The number of aromatic nitrogens is 2. The summed E-state index contributed by atoms with van der Waals surface area (Å²) < 4.78 is 38.9. The second kappa shape index (κ2) is 7.96. The molecule has 1 heterocycles. The first-order chi connectivity index (χ1) is 11.8. The number of para-hydroxylation sites is 1. The summed E-state index contributed by atoms with van der Waals surface area (Å²) in [4.78, 5) is 21.6. The average molecular weight is 352 g/mol. The SMILES string of the molecule is CCCCN(C)C(=O)c1cnc(Nc2ccccc2C(F)(F)F)nc1. The molecule has 2 aromatic rings. The number of nitrogens with zero attached hydrogens (tertiary/aromatic N) is 3. The summed E-state index contributed by atoms with van der Waals surface area (Å²) >= 11 is 0. The zero-order valence-corrected chi connectivity index (χ0v) is 14.0. The van der Waals surface area contributed by atoms with Gasteiger partial charge in [-0.05, 0) is 18.6 Å². The van der Waals surface area contributed by atoms with Crippen molar-refractivity contribution >= 4 is 17.5 Å². The molecule has 0 unspecified atom stereocenters. The van der Waals surface area contributed by atoms with Crippen LogP contribution in [0.1, 0.15) is 35.7 Å². The third-order valence-corrected chi connectivity index (χ3v) is 3.57. The fraction of sp³-hybridized carbons (Fsp3) is 0.353. The summed E-state index contributed by atoms with van der Waals surface area (Å²) in [6.45, 7) is 2.65. The minimum Gasteiger partial charge on any atom is -0.342 e. The van der Waals surface area contributed by atoms with E-state index in [2.05, 4.69) is 15.3 Å². The van der Waals surface area contributed by atoms with E-state index in [4.69, 9.17) is 0 Å². The molecule has 25 heavy (non-hydrogen) atoms. The van der Waals surface area contributed by atoms with Crippen LogP contribution in [0.15, 0.2) is 36.7 Å². The number of alkyl halides is 3. The summed E-state index contributed by atoms with van der Waals surface area (Å²) in [6, 6.07) is 5.06. The predicted octanol–water partition coefficient (Wildman–Crippen LogP) is 4.11. The van der Waals surface area contributed by atoms with Crippen molar-refractivity contribution in [1.29, 1.82) is 0 Å². The van der Waals surface area contributed by atoms with Crippen LogP contribution < -0.4 is 5.32 Å². The zero-order valence-electron chi connectivity index (χ0n) is 14.0. The minimum absolute atomic E-state index is 0.00976. The molecule has 0 saturated heterocycles. The highest BCUT2D eigenvalue weighted by atomic mass is 19.4. The van der Waals surface area contributed by atoms with Crippen molar-refractivity contribution in [2.45, 2.75) is 25.9 Å². The van der Waals surface area contributed by atoms with Gasteiger partial charge in [-0.3, -0.25) is 4.79 Å². The molecule has 1 aromatic carbocycles. The van der Waals surface area contributed by atoms with E-state index in [-0.39, 0.29) is 23.1 Å². The van der Waals surface area contributed by atoms with Crippen molar-refractivity contribution in [3.05, 3.63) is 47.8 Å². The maximum absolute atomic E-state index is 13.0. The van der Waals surface area contributed by atoms with Crippen molar-refractivity contribution in [2.24, 2.45) is 0 Å². The molecule has 0 aliphatic carbocycles. The number of nitrogens with one attached hydrogen (secondary N) is 1. The van der Waals surface area contributed by atoms with E-state index in [9.17, 15) is 18.0 Å². The van der Waals surface area contributed by atoms with Crippen LogP contribution in [0.3, 0.4) is 0 Å². The van der Waals surface area contributed by atoms with Gasteiger partial charge in [-0.25, -0.2) is 9.97 Å². The molecule has 0 bridgehead atoms. The van der Waals surface area contributed by atoms with Crippen LogP contribution in [0.2, 0.25) is 0 Å². The highest BCUT2D eigenvalue weighted by Gasteiger charge is 2.33. The molecule has 0 spiro atoms. The van der Waals surface area contributed by atoms with Gasteiger partial charge in [-0.15, -0.1) is 0 Å². The normalized spacial score (nSPS) is 11.2. The first-order valence-electron chi connectivity index (χ1n) is 7.83. The molecule has 1 amide bonds. The Balaban J connectivity index is 2.13. The Kier molecular flexibility index (Phi) is 5.95. The quantitative estimate of drug-likeness (QED) is 0.850. The standard InChI is InChI=1S/C17H19F3N4O/c1-3-4-9-24(2)15(25)12-10-21-16(22-11-12)23-14-8-6-5-7-13(14)17(18,19)20/h5-8,10-11H,3-4,9H2,1-2H3,(H,21,22,23). The number of anilines is 2. The minimum atomic E-state index is -4.48. The van der Waals surface area contributed by atoms with Gasteiger partial charge in [0.05, 0.1) is 16.8 Å². The third kappa shape index (κ3) is 4.91. The lowest BCUT2D eigenvalue weighted by Crippen LogP contribution is -2.27. The van der Waals surface area contributed by atoms with Gasteiger partial charge in [-0.2, -0.15) is 13.2 Å². The number of amides is 1. The largest absolute Gasteiger partial charge is 0.418 e. The smallest absolute Gasteiger partial charge is 0.342 e. The molecule has 8 heteroatoms. The Morgan fingerprint density at radius 3 is 2.44 bits per heavy atom. The average Bonchev–Trinajstić information content (AvgIpc) is 2.59. The van der Waals surface area contributed by atoms with Gasteiger partial charge >= 0.3 is 6.18 Å². The molecule has 1 aromatic heterocycles. The van der Waals surface area contributed by atoms with Crippen molar-refractivity contribution in [2.75, 3.05) is 18.9 Å². The molecule has 0 radical (unpaired) electrons. The predicted molar refractivity (Wildman–Crippen MR) is 88.6 cm³/mol. The first kappa shape index (κ1) is 18.7. The Bertz CT molecular complexity index is 717. The van der Waals surface area contributed by atoms with E-state index in [1.54, 1.807) is 11.9 Å². The molecule has 0 aliphatic heterocycles. The number of unbranched alkanes of at least 4 members (excludes halogenated alkanes) is 1. The summed E-state index contributed by atoms with van der Waals surface area (Å²) in [5.74, 6) is -0.236. The van der Waals surface area contributed by atoms with Gasteiger partial charge in [0.15, 0.2) is 0 Å². The van der Waals surface area contributed by atoms with Crippen molar-refractivity contribution < 1.29 is 18.0 Å². The molecule has 1 N–H and O–H groups in total. The number of hydrogen-bond acceptors (Lipinski definition) is 4. The molecule has 2 rings (SSSR count). The second-order valence-electron chi connectivity index (χ2n) is 5.54. The van der Waals surface area contributed by atoms with E-state index in [1.807, 2.05) is 6.92 Å². The highest BCUT2D eigenvalue weighted by Crippen LogP contribution is 2.35. The van der Waals surface area contributed by atoms with Crippen molar-refractivity contribution in [3.8, 4) is 0 Å². The number of carbonyl (C=O) groups excluding carboxylic acids is 1. The first-order valence-corrected chi connectivity index (χ1v) is 7.83. The summed E-state index contributed by atoms with van der Waals surface area (Å²) in [5.41, 5.74) is -0.666. The Morgan fingerprint density at radius 1 is 1.20 bits per heavy atom. The highest BCUT2D eigenvalue weighted by molar-refractivity contribution is 5.93. The molecule has 0 saturated carbocycles. The second-order valence-corrected chi connectivity index (χ2v) is 5.54. The number of benzene rings is 1. The zero-order chi connectivity index (χ0) is 18.4. The van der Waals surface area contributed by atoms with Gasteiger partial charge < -0.3 is 10.2 Å². The molecule has 0 fully saturated rings. The third-order valence-electron chi connectivity index (χ3n) is 3.57. The summed E-state index contributed by atoms with van der Waals surface area (Å²) in [7, 11) is 1.68. The van der Waals surface area contributed by atoms with Crippen LogP contribution in [-0.4, -0.2) is 34.4 Å². The lowest BCUT2D eigenvalue weighted by molar-refractivity contribution is -0.136. The van der Waals surface area contributed by atoms with E-state index < -0.39 is 11.7 Å². The maximum Gasteiger partial charge on any atom is 0.418 e. The van der Waals surface area contributed by atoms with E-state index in [0.717, 1.165) is 18.9 Å². The van der Waals surface area contributed by atoms with Gasteiger partial charge in [0.25, 0.3) is 5.91 Å². The monoisotopic (exact) mass is 352 g/mol. The van der Waals surface area contributed by atoms with Gasteiger partial charge in [0.1, 0.15) is 0 Å². The van der Waals surface area contributed by atoms with Crippen LogP contribution in [0.25, 0.3) is 0 Å². The number of halogens is 3. The van der Waals surface area contributed by atoms with Crippen LogP contribution in [0.4, 0.5) is 24.8 Å². The lowest BCUT2D eigenvalue weighted by Gasteiger charge is -2.16. The van der Waals surface area contributed by atoms with E-state index in [1.165, 1.54) is 30.6 Å². The van der Waals surface area contributed by atoms with Crippen LogP contribution in [-0.2, 0) is 6.18 Å². The molecule has 134 valence electrons. The van der Waals surface area contributed by atoms with Crippen LogP contribution >= 0.6 is 0 Å². The number of hydrogen-bond donors (Lipinski definition) is 1. The number of rotatable bonds is 6. The van der Waals surface area contributed by atoms with E-state index >= 15 is 0 Å². The summed E-state index contributed by atoms with van der Waals surface area (Å²) in [6.07, 6.45) is -0.0271. The molecule has 0 aliphatic rings. The Labute approximate surface area is 143 Å². The Morgan fingerprint density at radius 2 is 1.84 bits per heavy atom. The topological polar surface area (TPSA) is 58.1 Å². The van der Waals surface area contributed by atoms with Crippen LogP contribution in [0, 0.1) is 0 Å². The van der Waals surface area contributed by atoms with E-state index in [0.29, 0.717) is 6.54 Å². The summed E-state index contributed by atoms with van der Waals surface area (Å²) in [5, 5.41) is 2.54. The molecule has 5 nitrogen and oxygen atoms in total. The van der Waals surface area contributed by atoms with Gasteiger partial charge in [0, 0.05) is 26.0 Å². The van der Waals surface area contributed by atoms with Gasteiger partial charge in [0.2, 0.25) is 5.95 Å².